The molecule has 3 rings (SSSR count). The largest absolute Gasteiger partial charge is 0.387 e. The Balaban J connectivity index is 1.67. The van der Waals surface area contributed by atoms with Crippen LogP contribution >= 0.6 is 0 Å². The summed E-state index contributed by atoms with van der Waals surface area (Å²) in [5.74, 6) is 1.41. The van der Waals surface area contributed by atoms with E-state index < -0.39 is 0 Å². The second kappa shape index (κ2) is 7.01. The van der Waals surface area contributed by atoms with Gasteiger partial charge < -0.3 is 5.32 Å². The standard InChI is InChI=1S/C22H38N4/c1-15(2)14-26-19-11-13-22(7)20(9-8-17(5)23-16(3)4)21(22,6)12-10-18(19)24-25-26/h15-16,20,23H,5,8-14H2,1-4,6-7H3/t20-,21?,22?/m1/s1. The van der Waals surface area contributed by atoms with E-state index in [0.717, 1.165) is 31.7 Å². The summed E-state index contributed by atoms with van der Waals surface area (Å²) >= 11 is 0. The zero-order chi connectivity index (χ0) is 19.1. The van der Waals surface area contributed by atoms with E-state index in [0.29, 0.717) is 22.8 Å². The fourth-order valence-corrected chi connectivity index (χ4v) is 5.52. The number of hydrogen-bond acceptors (Lipinski definition) is 3. The molecule has 146 valence electrons. The van der Waals surface area contributed by atoms with Crippen LogP contribution < -0.4 is 5.32 Å². The van der Waals surface area contributed by atoms with Crippen molar-refractivity contribution >= 4 is 0 Å². The van der Waals surface area contributed by atoms with Gasteiger partial charge in [-0.3, -0.25) is 0 Å². The molecule has 0 aliphatic heterocycles. The van der Waals surface area contributed by atoms with Gasteiger partial charge in [0.05, 0.1) is 11.4 Å². The first-order chi connectivity index (χ1) is 12.2. The zero-order valence-electron chi connectivity index (χ0n) is 17.7. The number of nitrogens with one attached hydrogen (secondary N) is 1. The Hall–Kier alpha value is -1.32. The quantitative estimate of drug-likeness (QED) is 0.765. The number of aromatic nitrogens is 3. The Bertz CT molecular complexity index is 659. The minimum absolute atomic E-state index is 0.449. The summed E-state index contributed by atoms with van der Waals surface area (Å²) in [6, 6.07) is 0.478. The highest BCUT2D eigenvalue weighted by atomic mass is 15.4. The Labute approximate surface area is 159 Å². The molecule has 1 aromatic heterocycles. The van der Waals surface area contributed by atoms with Crippen molar-refractivity contribution < 1.29 is 0 Å². The maximum absolute atomic E-state index is 4.54. The molecule has 1 saturated carbocycles. The van der Waals surface area contributed by atoms with Gasteiger partial charge in [-0.05, 0) is 75.0 Å². The molecule has 4 nitrogen and oxygen atoms in total. The Morgan fingerprint density at radius 1 is 1.19 bits per heavy atom. The van der Waals surface area contributed by atoms with E-state index >= 15 is 0 Å². The van der Waals surface area contributed by atoms with Gasteiger partial charge in [-0.25, -0.2) is 4.68 Å². The Morgan fingerprint density at radius 2 is 1.85 bits per heavy atom. The molecule has 0 spiro atoms. The summed E-state index contributed by atoms with van der Waals surface area (Å²) in [5.41, 5.74) is 4.76. The minimum Gasteiger partial charge on any atom is -0.387 e. The number of nitrogens with zero attached hydrogens (tertiary/aromatic N) is 3. The molecule has 0 saturated heterocycles. The van der Waals surface area contributed by atoms with Crippen molar-refractivity contribution in [2.45, 2.75) is 92.7 Å². The van der Waals surface area contributed by atoms with Gasteiger partial charge >= 0.3 is 0 Å². The highest BCUT2D eigenvalue weighted by Gasteiger charge is 2.68. The van der Waals surface area contributed by atoms with Gasteiger partial charge in [-0.1, -0.05) is 39.5 Å². The number of fused-ring (bicyclic) bond motifs is 2. The average Bonchev–Trinajstić information content (AvgIpc) is 2.80. The molecule has 2 aliphatic rings. The highest BCUT2D eigenvalue weighted by Crippen LogP contribution is 2.75. The molecule has 0 bridgehead atoms. The fourth-order valence-electron chi connectivity index (χ4n) is 5.52. The summed E-state index contributed by atoms with van der Waals surface area (Å²) in [5, 5.41) is 12.5. The van der Waals surface area contributed by atoms with Crippen LogP contribution in [0.2, 0.25) is 0 Å². The Kier molecular flexibility index (Phi) is 5.24. The van der Waals surface area contributed by atoms with Crippen LogP contribution in [0, 0.1) is 22.7 Å². The first kappa shape index (κ1) is 19.4. The van der Waals surface area contributed by atoms with Gasteiger partial charge in [-0.2, -0.15) is 0 Å². The third kappa shape index (κ3) is 3.44. The second-order valence-electron chi connectivity index (χ2n) is 9.89. The van der Waals surface area contributed by atoms with Gasteiger partial charge in [0.25, 0.3) is 0 Å². The Morgan fingerprint density at radius 3 is 2.46 bits per heavy atom. The maximum Gasteiger partial charge on any atom is 0.0859 e. The van der Waals surface area contributed by atoms with E-state index in [1.54, 1.807) is 0 Å². The lowest BCUT2D eigenvalue weighted by molar-refractivity contribution is 0.330. The van der Waals surface area contributed by atoms with Gasteiger partial charge in [0.1, 0.15) is 0 Å². The lowest BCUT2D eigenvalue weighted by Crippen LogP contribution is -2.21. The molecular weight excluding hydrogens is 320 g/mol. The van der Waals surface area contributed by atoms with Crippen molar-refractivity contribution in [3.05, 3.63) is 23.7 Å². The van der Waals surface area contributed by atoms with Crippen LogP contribution in [-0.4, -0.2) is 21.0 Å². The normalized spacial score (nSPS) is 30.5. The molecular formula is C22H38N4. The van der Waals surface area contributed by atoms with Crippen molar-refractivity contribution in [3.63, 3.8) is 0 Å². The molecule has 4 heteroatoms. The van der Waals surface area contributed by atoms with Crippen LogP contribution in [0.25, 0.3) is 0 Å². The molecule has 2 aliphatic carbocycles. The fraction of sp³-hybridized carbons (Fsp3) is 0.818. The summed E-state index contributed by atoms with van der Waals surface area (Å²) < 4.78 is 2.18. The van der Waals surface area contributed by atoms with E-state index in [4.69, 9.17) is 0 Å². The molecule has 1 heterocycles. The average molecular weight is 359 g/mol. The molecule has 0 radical (unpaired) electrons. The smallest absolute Gasteiger partial charge is 0.0859 e. The lowest BCUT2D eigenvalue weighted by Gasteiger charge is -2.22. The molecule has 0 amide bonds. The number of aryl methyl sites for hydroxylation is 1. The van der Waals surface area contributed by atoms with Gasteiger partial charge in [0, 0.05) is 18.3 Å². The third-order valence-corrected chi connectivity index (χ3v) is 7.21. The topological polar surface area (TPSA) is 42.7 Å². The van der Waals surface area contributed by atoms with Crippen molar-refractivity contribution in [3.8, 4) is 0 Å². The highest BCUT2D eigenvalue weighted by molar-refractivity contribution is 5.23. The monoisotopic (exact) mass is 358 g/mol. The van der Waals surface area contributed by atoms with E-state index in [2.05, 4.69) is 68.4 Å². The number of hydrogen-bond donors (Lipinski definition) is 1. The molecule has 0 aromatic carbocycles. The van der Waals surface area contributed by atoms with E-state index in [-0.39, 0.29) is 0 Å². The predicted molar refractivity (Wildman–Crippen MR) is 108 cm³/mol. The van der Waals surface area contributed by atoms with Gasteiger partial charge in [-0.15, -0.1) is 5.10 Å². The first-order valence-electron chi connectivity index (χ1n) is 10.5. The SMILES string of the molecule is C=C(CC[C@@H]1C2(C)CCc3nnn(CC(C)C)c3CCC12C)NC(C)C. The van der Waals surface area contributed by atoms with Crippen molar-refractivity contribution in [2.75, 3.05) is 0 Å². The van der Waals surface area contributed by atoms with Crippen LogP contribution in [-0.2, 0) is 19.4 Å². The summed E-state index contributed by atoms with van der Waals surface area (Å²) in [6.45, 7) is 19.1. The van der Waals surface area contributed by atoms with Crippen LogP contribution in [0.4, 0.5) is 0 Å². The minimum atomic E-state index is 0.449. The molecule has 1 aromatic rings. The lowest BCUT2D eigenvalue weighted by atomic mass is 9.84. The van der Waals surface area contributed by atoms with Crippen LogP contribution in [0.1, 0.15) is 78.6 Å². The van der Waals surface area contributed by atoms with E-state index in [1.165, 1.54) is 36.3 Å². The summed E-state index contributed by atoms with van der Waals surface area (Å²) in [4.78, 5) is 0. The molecule has 1 fully saturated rings. The predicted octanol–water partition coefficient (Wildman–Crippen LogP) is 4.75. The summed E-state index contributed by atoms with van der Waals surface area (Å²) in [7, 11) is 0. The van der Waals surface area contributed by atoms with Crippen molar-refractivity contribution in [2.24, 2.45) is 22.7 Å². The molecule has 1 N–H and O–H groups in total. The van der Waals surface area contributed by atoms with Crippen molar-refractivity contribution in [1.29, 1.82) is 0 Å². The first-order valence-corrected chi connectivity index (χ1v) is 10.5. The molecule has 2 unspecified atom stereocenters. The third-order valence-electron chi connectivity index (χ3n) is 7.21. The molecule has 26 heavy (non-hydrogen) atoms. The van der Waals surface area contributed by atoms with Crippen molar-refractivity contribution in [1.82, 2.24) is 20.3 Å². The second-order valence-corrected chi connectivity index (χ2v) is 9.89. The number of rotatable bonds is 7. The summed E-state index contributed by atoms with van der Waals surface area (Å²) in [6.07, 6.45) is 7.07. The van der Waals surface area contributed by atoms with Crippen LogP contribution in [0.5, 0.6) is 0 Å². The zero-order valence-corrected chi connectivity index (χ0v) is 17.7. The maximum atomic E-state index is 4.54. The van der Waals surface area contributed by atoms with Gasteiger partial charge in [0.15, 0.2) is 0 Å². The molecule has 3 atom stereocenters. The number of allylic oxidation sites excluding steroid dienone is 1. The van der Waals surface area contributed by atoms with E-state index in [9.17, 15) is 0 Å². The van der Waals surface area contributed by atoms with Gasteiger partial charge in [0.2, 0.25) is 0 Å². The van der Waals surface area contributed by atoms with Crippen LogP contribution in [0.3, 0.4) is 0 Å². The van der Waals surface area contributed by atoms with Crippen LogP contribution in [0.15, 0.2) is 12.3 Å². The van der Waals surface area contributed by atoms with E-state index in [1.807, 2.05) is 0 Å².